The third kappa shape index (κ3) is 7.14. The van der Waals surface area contributed by atoms with E-state index in [9.17, 15) is 0 Å². The number of benzene rings is 2. The van der Waals surface area contributed by atoms with E-state index in [0.717, 1.165) is 36.0 Å². The van der Waals surface area contributed by atoms with Crippen LogP contribution in [-0.4, -0.2) is 60.1 Å². The van der Waals surface area contributed by atoms with Crippen LogP contribution in [0.1, 0.15) is 19.4 Å². The van der Waals surface area contributed by atoms with Crippen LogP contribution in [-0.2, 0) is 6.42 Å². The molecule has 2 aromatic rings. The van der Waals surface area contributed by atoms with Gasteiger partial charge in [0.2, 0.25) is 5.75 Å². The summed E-state index contributed by atoms with van der Waals surface area (Å²) < 4.78 is 27.6. The normalized spacial score (nSPS) is 12.0. The van der Waals surface area contributed by atoms with Gasteiger partial charge in [0.05, 0.1) is 35.0 Å². The van der Waals surface area contributed by atoms with Crippen LogP contribution in [0.3, 0.4) is 0 Å². The lowest BCUT2D eigenvalue weighted by atomic mass is 10.1. The molecule has 0 aromatic heterocycles. The van der Waals surface area contributed by atoms with Crippen molar-refractivity contribution >= 4 is 5.96 Å². The van der Waals surface area contributed by atoms with Gasteiger partial charge in [0, 0.05) is 24.7 Å². The second-order valence-corrected chi connectivity index (χ2v) is 7.00. The zero-order valence-corrected chi connectivity index (χ0v) is 19.9. The Balaban J connectivity index is 1.96. The molecule has 0 radical (unpaired) electrons. The number of rotatable bonds is 12. The fourth-order valence-corrected chi connectivity index (χ4v) is 3.18. The van der Waals surface area contributed by atoms with Crippen LogP contribution < -0.4 is 34.3 Å². The Hall–Kier alpha value is -3.29. The SMILES string of the molecule is CCNC(=NCC(C)Oc1cccc(OC)c1)NCCc1ccc(OC)c(OC)c1OC. The quantitative estimate of drug-likeness (QED) is 0.383. The van der Waals surface area contributed by atoms with Gasteiger partial charge in [-0.1, -0.05) is 12.1 Å². The van der Waals surface area contributed by atoms with Gasteiger partial charge in [-0.2, -0.15) is 0 Å². The Kier molecular flexibility index (Phi) is 10.3. The van der Waals surface area contributed by atoms with Crippen molar-refractivity contribution in [3.63, 3.8) is 0 Å². The van der Waals surface area contributed by atoms with E-state index in [0.29, 0.717) is 30.3 Å². The number of nitrogens with zero attached hydrogens (tertiary/aromatic N) is 1. The summed E-state index contributed by atoms with van der Waals surface area (Å²) in [6, 6.07) is 11.4. The summed E-state index contributed by atoms with van der Waals surface area (Å²) in [4.78, 5) is 4.65. The van der Waals surface area contributed by atoms with E-state index >= 15 is 0 Å². The lowest BCUT2D eigenvalue weighted by Crippen LogP contribution is -2.39. The topological polar surface area (TPSA) is 82.6 Å². The summed E-state index contributed by atoms with van der Waals surface area (Å²) in [7, 11) is 6.48. The van der Waals surface area contributed by atoms with Crippen molar-refractivity contribution in [3.05, 3.63) is 42.0 Å². The largest absolute Gasteiger partial charge is 0.497 e. The van der Waals surface area contributed by atoms with Crippen LogP contribution in [0.4, 0.5) is 0 Å². The van der Waals surface area contributed by atoms with Gasteiger partial charge in [-0.15, -0.1) is 0 Å². The molecule has 0 saturated carbocycles. The summed E-state index contributed by atoms with van der Waals surface area (Å²) in [5.41, 5.74) is 1.02. The van der Waals surface area contributed by atoms with Crippen LogP contribution in [0, 0.1) is 0 Å². The van der Waals surface area contributed by atoms with Crippen molar-refractivity contribution in [1.29, 1.82) is 0 Å². The molecule has 0 saturated heterocycles. The number of ether oxygens (including phenoxy) is 5. The lowest BCUT2D eigenvalue weighted by Gasteiger charge is -2.17. The molecule has 8 nitrogen and oxygen atoms in total. The predicted octanol–water partition coefficient (Wildman–Crippen LogP) is 3.29. The molecule has 2 N–H and O–H groups in total. The number of methoxy groups -OCH3 is 4. The molecule has 2 aromatic carbocycles. The van der Waals surface area contributed by atoms with Crippen LogP contribution in [0.25, 0.3) is 0 Å². The minimum atomic E-state index is -0.0940. The van der Waals surface area contributed by atoms with Crippen molar-refractivity contribution in [3.8, 4) is 28.7 Å². The third-order valence-corrected chi connectivity index (χ3v) is 4.70. The summed E-state index contributed by atoms with van der Waals surface area (Å²) in [5.74, 6) is 4.16. The first-order valence-corrected chi connectivity index (χ1v) is 10.7. The van der Waals surface area contributed by atoms with Gasteiger partial charge in [-0.25, -0.2) is 4.99 Å². The number of hydrogen-bond acceptors (Lipinski definition) is 6. The molecule has 0 bridgehead atoms. The van der Waals surface area contributed by atoms with Gasteiger partial charge in [0.25, 0.3) is 0 Å². The van der Waals surface area contributed by atoms with Crippen molar-refractivity contribution in [2.45, 2.75) is 26.4 Å². The predicted molar refractivity (Wildman–Crippen MR) is 127 cm³/mol. The zero-order valence-electron chi connectivity index (χ0n) is 19.9. The minimum absolute atomic E-state index is 0.0940. The van der Waals surface area contributed by atoms with E-state index in [1.165, 1.54) is 0 Å². The standard InChI is InChI=1S/C24H35N3O5/c1-7-25-24(27-16-17(2)32-20-10-8-9-19(15-20)28-3)26-14-13-18-11-12-21(29-4)23(31-6)22(18)30-5/h8-12,15,17H,7,13-14,16H2,1-6H3,(H2,25,26,27). The van der Waals surface area contributed by atoms with Crippen molar-refractivity contribution in [2.24, 2.45) is 4.99 Å². The van der Waals surface area contributed by atoms with E-state index in [-0.39, 0.29) is 6.10 Å². The fraction of sp³-hybridized carbons (Fsp3) is 0.458. The van der Waals surface area contributed by atoms with Gasteiger partial charge in [-0.05, 0) is 38.5 Å². The van der Waals surface area contributed by atoms with Gasteiger partial charge >= 0.3 is 0 Å². The molecule has 0 amide bonds. The monoisotopic (exact) mass is 445 g/mol. The minimum Gasteiger partial charge on any atom is -0.497 e. The van der Waals surface area contributed by atoms with Gasteiger partial charge in [0.15, 0.2) is 17.5 Å². The Morgan fingerprint density at radius 3 is 2.31 bits per heavy atom. The van der Waals surface area contributed by atoms with E-state index < -0.39 is 0 Å². The Labute approximate surface area is 190 Å². The first-order valence-electron chi connectivity index (χ1n) is 10.7. The van der Waals surface area contributed by atoms with Gasteiger partial charge in [-0.3, -0.25) is 0 Å². The van der Waals surface area contributed by atoms with Crippen LogP contribution in [0.15, 0.2) is 41.4 Å². The maximum Gasteiger partial charge on any atom is 0.203 e. The van der Waals surface area contributed by atoms with E-state index in [4.69, 9.17) is 23.7 Å². The van der Waals surface area contributed by atoms with Crippen LogP contribution in [0.2, 0.25) is 0 Å². The van der Waals surface area contributed by atoms with Crippen LogP contribution in [0.5, 0.6) is 28.7 Å². The molecule has 0 aliphatic heterocycles. The molecule has 8 heteroatoms. The Morgan fingerprint density at radius 2 is 1.66 bits per heavy atom. The Bertz CT molecular complexity index is 873. The first-order chi connectivity index (χ1) is 15.6. The first kappa shape index (κ1) is 25.0. The lowest BCUT2D eigenvalue weighted by molar-refractivity contribution is 0.229. The van der Waals surface area contributed by atoms with Crippen molar-refractivity contribution in [1.82, 2.24) is 10.6 Å². The van der Waals surface area contributed by atoms with Crippen molar-refractivity contribution in [2.75, 3.05) is 48.1 Å². The molecule has 32 heavy (non-hydrogen) atoms. The molecule has 0 heterocycles. The maximum atomic E-state index is 5.95. The number of nitrogens with one attached hydrogen (secondary N) is 2. The molecule has 0 fully saturated rings. The van der Waals surface area contributed by atoms with E-state index in [1.54, 1.807) is 28.4 Å². The third-order valence-electron chi connectivity index (χ3n) is 4.70. The highest BCUT2D eigenvalue weighted by Gasteiger charge is 2.15. The molecular weight excluding hydrogens is 410 g/mol. The molecule has 1 unspecified atom stereocenters. The van der Waals surface area contributed by atoms with E-state index in [1.807, 2.05) is 50.2 Å². The van der Waals surface area contributed by atoms with Crippen molar-refractivity contribution < 1.29 is 23.7 Å². The average Bonchev–Trinajstić information content (AvgIpc) is 2.81. The second kappa shape index (κ2) is 13.2. The highest BCUT2D eigenvalue weighted by molar-refractivity contribution is 5.79. The highest BCUT2D eigenvalue weighted by Crippen LogP contribution is 2.39. The fourth-order valence-electron chi connectivity index (χ4n) is 3.18. The molecule has 0 aliphatic carbocycles. The molecule has 176 valence electrons. The molecule has 2 rings (SSSR count). The molecular formula is C24H35N3O5. The smallest absolute Gasteiger partial charge is 0.203 e. The molecule has 1 atom stereocenters. The van der Waals surface area contributed by atoms with Crippen LogP contribution >= 0.6 is 0 Å². The number of aliphatic imine (C=N–C) groups is 1. The second-order valence-electron chi connectivity index (χ2n) is 7.00. The highest BCUT2D eigenvalue weighted by atomic mass is 16.5. The number of guanidine groups is 1. The van der Waals surface area contributed by atoms with Gasteiger partial charge in [0.1, 0.15) is 17.6 Å². The van der Waals surface area contributed by atoms with Gasteiger partial charge < -0.3 is 34.3 Å². The summed E-state index contributed by atoms with van der Waals surface area (Å²) in [6.07, 6.45) is 0.632. The molecule has 0 spiro atoms. The maximum absolute atomic E-state index is 5.95. The summed E-state index contributed by atoms with van der Waals surface area (Å²) in [5, 5.41) is 6.62. The average molecular weight is 446 g/mol. The Morgan fingerprint density at radius 1 is 0.906 bits per heavy atom. The van der Waals surface area contributed by atoms with E-state index in [2.05, 4.69) is 15.6 Å². The summed E-state index contributed by atoms with van der Waals surface area (Å²) in [6.45, 7) is 5.96. The zero-order chi connectivity index (χ0) is 23.3. The molecule has 0 aliphatic rings. The summed E-state index contributed by atoms with van der Waals surface area (Å²) >= 11 is 0. The number of hydrogen-bond donors (Lipinski definition) is 2.